The highest BCUT2D eigenvalue weighted by Crippen LogP contribution is 2.17. The molecule has 2 heterocycles. The fourth-order valence-electron chi connectivity index (χ4n) is 2.80. The first-order valence-electron chi connectivity index (χ1n) is 8.10. The van der Waals surface area contributed by atoms with Gasteiger partial charge in [-0.25, -0.2) is 0 Å². The first-order chi connectivity index (χ1) is 12.0. The molecule has 0 aliphatic carbocycles. The molecule has 3 rings (SSSR count). The monoisotopic (exact) mass is 424 g/mol. The van der Waals surface area contributed by atoms with E-state index < -0.39 is 0 Å². The molecule has 0 unspecified atom stereocenters. The van der Waals surface area contributed by atoms with Crippen molar-refractivity contribution in [3.05, 3.63) is 57.4 Å². The molecule has 0 spiro atoms. The van der Waals surface area contributed by atoms with Crippen LogP contribution in [0.4, 0.5) is 0 Å². The molecular weight excluding hydrogens is 408 g/mol. The number of nitrogens with zero attached hydrogens (tertiary/aromatic N) is 2. The highest BCUT2D eigenvalue weighted by atomic mass is 79.9. The summed E-state index contributed by atoms with van der Waals surface area (Å²) in [6.45, 7) is 2.13. The van der Waals surface area contributed by atoms with Crippen molar-refractivity contribution in [1.82, 2.24) is 9.80 Å². The standard InChI is InChI=1S/C18H18BrClN2O3/c19-16-7-6-15(25-16)18(24)22-11-9-21(10-12-22)17(23)8-3-13-1-4-14(20)5-2-13/h1-2,4-7H,3,8-12H2. The molecule has 25 heavy (non-hydrogen) atoms. The lowest BCUT2D eigenvalue weighted by Crippen LogP contribution is -2.50. The summed E-state index contributed by atoms with van der Waals surface area (Å²) in [6.07, 6.45) is 1.15. The minimum atomic E-state index is -0.140. The molecule has 5 nitrogen and oxygen atoms in total. The number of carbonyl (C=O) groups excluding carboxylic acids is 2. The van der Waals surface area contributed by atoms with Crippen molar-refractivity contribution >= 4 is 39.3 Å². The normalized spacial score (nSPS) is 14.6. The molecule has 0 atom stereocenters. The Morgan fingerprint density at radius 2 is 1.64 bits per heavy atom. The molecule has 0 saturated carbocycles. The third kappa shape index (κ3) is 4.64. The molecular formula is C18H18BrClN2O3. The van der Waals surface area contributed by atoms with Gasteiger partial charge in [-0.2, -0.15) is 0 Å². The van der Waals surface area contributed by atoms with Crippen LogP contribution < -0.4 is 0 Å². The van der Waals surface area contributed by atoms with Crippen molar-refractivity contribution in [2.45, 2.75) is 12.8 Å². The predicted octanol–water partition coefficient (Wildman–Crippen LogP) is 3.61. The van der Waals surface area contributed by atoms with Crippen LogP contribution in [0.2, 0.25) is 5.02 Å². The van der Waals surface area contributed by atoms with Crippen LogP contribution in [0.15, 0.2) is 45.5 Å². The zero-order valence-corrected chi connectivity index (χ0v) is 15.9. The number of amides is 2. The number of benzene rings is 1. The van der Waals surface area contributed by atoms with E-state index >= 15 is 0 Å². The van der Waals surface area contributed by atoms with Gasteiger partial charge >= 0.3 is 0 Å². The van der Waals surface area contributed by atoms with E-state index in [0.29, 0.717) is 54.5 Å². The van der Waals surface area contributed by atoms with Crippen molar-refractivity contribution in [1.29, 1.82) is 0 Å². The first kappa shape index (κ1) is 18.0. The minimum Gasteiger partial charge on any atom is -0.444 e. The summed E-state index contributed by atoms with van der Waals surface area (Å²) in [4.78, 5) is 28.2. The summed E-state index contributed by atoms with van der Waals surface area (Å²) in [6, 6.07) is 10.9. The van der Waals surface area contributed by atoms with Gasteiger partial charge in [0, 0.05) is 37.6 Å². The Balaban J connectivity index is 1.47. The van der Waals surface area contributed by atoms with E-state index in [1.807, 2.05) is 29.2 Å². The average Bonchev–Trinajstić information content (AvgIpc) is 3.07. The third-order valence-electron chi connectivity index (χ3n) is 4.24. The summed E-state index contributed by atoms with van der Waals surface area (Å²) in [5.74, 6) is 0.288. The van der Waals surface area contributed by atoms with Gasteiger partial charge < -0.3 is 14.2 Å². The average molecular weight is 426 g/mol. The van der Waals surface area contributed by atoms with Gasteiger partial charge in [0.2, 0.25) is 5.91 Å². The molecule has 0 bridgehead atoms. The fraction of sp³-hybridized carbons (Fsp3) is 0.333. The summed E-state index contributed by atoms with van der Waals surface area (Å²) < 4.78 is 5.84. The lowest BCUT2D eigenvalue weighted by molar-refractivity contribution is -0.132. The van der Waals surface area contributed by atoms with E-state index in [4.69, 9.17) is 16.0 Å². The number of furan rings is 1. The Kier molecular flexibility index (Phi) is 5.81. The van der Waals surface area contributed by atoms with Crippen LogP contribution in [0.5, 0.6) is 0 Å². The van der Waals surface area contributed by atoms with Gasteiger partial charge in [0.25, 0.3) is 5.91 Å². The maximum absolute atomic E-state index is 12.4. The quantitative estimate of drug-likeness (QED) is 0.752. The second-order valence-corrected chi connectivity index (χ2v) is 7.12. The Labute approximate surface area is 159 Å². The molecule has 2 aromatic rings. The number of hydrogen-bond donors (Lipinski definition) is 0. The number of piperazine rings is 1. The molecule has 132 valence electrons. The maximum Gasteiger partial charge on any atom is 0.289 e. The van der Waals surface area contributed by atoms with Crippen molar-refractivity contribution in [3.63, 3.8) is 0 Å². The number of carbonyl (C=O) groups is 2. The summed E-state index contributed by atoms with van der Waals surface area (Å²) in [7, 11) is 0. The second-order valence-electron chi connectivity index (χ2n) is 5.90. The van der Waals surface area contributed by atoms with Crippen LogP contribution >= 0.6 is 27.5 Å². The molecule has 0 N–H and O–H groups in total. The molecule has 1 aliphatic rings. The van der Waals surface area contributed by atoms with Gasteiger partial charge in [-0.3, -0.25) is 9.59 Å². The van der Waals surface area contributed by atoms with E-state index in [1.165, 1.54) is 0 Å². The molecule has 1 aromatic carbocycles. The largest absolute Gasteiger partial charge is 0.444 e. The minimum absolute atomic E-state index is 0.114. The van der Waals surface area contributed by atoms with E-state index in [9.17, 15) is 9.59 Å². The number of halogens is 2. The lowest BCUT2D eigenvalue weighted by atomic mass is 10.1. The molecule has 1 fully saturated rings. The topological polar surface area (TPSA) is 53.8 Å². The fourth-order valence-corrected chi connectivity index (χ4v) is 3.24. The second kappa shape index (κ2) is 8.06. The molecule has 1 aliphatic heterocycles. The maximum atomic E-state index is 12.4. The van der Waals surface area contributed by atoms with Gasteiger partial charge in [-0.15, -0.1) is 0 Å². The van der Waals surface area contributed by atoms with Crippen molar-refractivity contribution < 1.29 is 14.0 Å². The van der Waals surface area contributed by atoms with Crippen LogP contribution in [-0.4, -0.2) is 47.8 Å². The van der Waals surface area contributed by atoms with Crippen molar-refractivity contribution in [3.8, 4) is 0 Å². The van der Waals surface area contributed by atoms with Crippen LogP contribution in [0.3, 0.4) is 0 Å². The zero-order valence-electron chi connectivity index (χ0n) is 13.6. The van der Waals surface area contributed by atoms with Crippen LogP contribution in [0.25, 0.3) is 0 Å². The molecule has 7 heteroatoms. The van der Waals surface area contributed by atoms with Gasteiger partial charge in [0.15, 0.2) is 10.4 Å². The summed E-state index contributed by atoms with van der Waals surface area (Å²) >= 11 is 9.06. The molecule has 0 radical (unpaired) electrons. The van der Waals surface area contributed by atoms with E-state index in [2.05, 4.69) is 15.9 Å². The van der Waals surface area contributed by atoms with Gasteiger partial charge in [0.05, 0.1) is 0 Å². The molecule has 2 amide bonds. The van der Waals surface area contributed by atoms with Crippen molar-refractivity contribution in [2.24, 2.45) is 0 Å². The van der Waals surface area contributed by atoms with E-state index in [0.717, 1.165) is 5.56 Å². The predicted molar refractivity (Wildman–Crippen MR) is 98.7 cm³/mol. The highest BCUT2D eigenvalue weighted by Gasteiger charge is 2.26. The summed E-state index contributed by atoms with van der Waals surface area (Å²) in [5, 5.41) is 0.694. The van der Waals surface area contributed by atoms with Gasteiger partial charge in [-0.1, -0.05) is 23.7 Å². The number of aryl methyl sites for hydroxylation is 1. The first-order valence-corrected chi connectivity index (χ1v) is 9.27. The Bertz CT molecular complexity index is 752. The van der Waals surface area contributed by atoms with Crippen LogP contribution in [0, 0.1) is 0 Å². The van der Waals surface area contributed by atoms with E-state index in [-0.39, 0.29) is 11.8 Å². The smallest absolute Gasteiger partial charge is 0.289 e. The number of hydrogen-bond acceptors (Lipinski definition) is 3. The Hall–Kier alpha value is -1.79. The third-order valence-corrected chi connectivity index (χ3v) is 4.92. The molecule has 1 aromatic heterocycles. The van der Waals surface area contributed by atoms with Crippen LogP contribution in [-0.2, 0) is 11.2 Å². The van der Waals surface area contributed by atoms with Gasteiger partial charge in [-0.05, 0) is 52.2 Å². The summed E-state index contributed by atoms with van der Waals surface area (Å²) in [5.41, 5.74) is 1.09. The number of rotatable bonds is 4. The zero-order chi connectivity index (χ0) is 17.8. The highest BCUT2D eigenvalue weighted by molar-refractivity contribution is 9.10. The Morgan fingerprint density at radius 3 is 2.24 bits per heavy atom. The lowest BCUT2D eigenvalue weighted by Gasteiger charge is -2.34. The molecule has 1 saturated heterocycles. The van der Waals surface area contributed by atoms with Gasteiger partial charge in [0.1, 0.15) is 0 Å². The van der Waals surface area contributed by atoms with E-state index in [1.54, 1.807) is 17.0 Å². The van der Waals surface area contributed by atoms with Crippen LogP contribution in [0.1, 0.15) is 22.5 Å². The Morgan fingerprint density at radius 1 is 1.00 bits per heavy atom. The SMILES string of the molecule is O=C(CCc1ccc(Cl)cc1)N1CCN(C(=O)c2ccc(Br)o2)CC1. The van der Waals surface area contributed by atoms with Crippen molar-refractivity contribution in [2.75, 3.05) is 26.2 Å².